The lowest BCUT2D eigenvalue weighted by atomic mass is 10.0. The number of hydrogen-bond acceptors (Lipinski definition) is 9. The second-order valence-electron chi connectivity index (χ2n) is 8.06. The normalized spacial score (nSPS) is 16.2. The minimum Gasteiger partial charge on any atom is -0.462 e. The first-order valence-electron chi connectivity index (χ1n) is 11.4. The Balaban J connectivity index is 1.56. The Hall–Kier alpha value is -3.00. The summed E-state index contributed by atoms with van der Waals surface area (Å²) in [6.07, 6.45) is -0.0524. The number of methoxy groups -OCH3 is 1. The van der Waals surface area contributed by atoms with Gasteiger partial charge in [-0.2, -0.15) is 4.31 Å². The second kappa shape index (κ2) is 10.9. The molecule has 4 rings (SSSR count). The van der Waals surface area contributed by atoms with Gasteiger partial charge in [0, 0.05) is 30.1 Å². The van der Waals surface area contributed by atoms with E-state index in [4.69, 9.17) is 14.2 Å². The number of nitrogens with zero attached hydrogens (tertiary/aromatic N) is 2. The van der Waals surface area contributed by atoms with Crippen LogP contribution in [0.1, 0.15) is 38.1 Å². The molecule has 0 atom stereocenters. The highest BCUT2D eigenvalue weighted by Crippen LogP contribution is 2.38. The van der Waals surface area contributed by atoms with E-state index in [-0.39, 0.29) is 42.3 Å². The lowest BCUT2D eigenvalue weighted by Gasteiger charge is -2.26. The van der Waals surface area contributed by atoms with Gasteiger partial charge >= 0.3 is 12.1 Å². The summed E-state index contributed by atoms with van der Waals surface area (Å²) in [6.45, 7) is 3.72. The average Bonchev–Trinajstić information content (AvgIpc) is 3.25. The van der Waals surface area contributed by atoms with Gasteiger partial charge in [-0.15, -0.1) is 11.3 Å². The van der Waals surface area contributed by atoms with Crippen LogP contribution < -0.4 is 5.32 Å². The number of esters is 1. The van der Waals surface area contributed by atoms with Crippen molar-refractivity contribution in [2.24, 2.45) is 0 Å². The van der Waals surface area contributed by atoms with Crippen LogP contribution in [0, 0.1) is 0 Å². The van der Waals surface area contributed by atoms with Crippen LogP contribution in [0.25, 0.3) is 0 Å². The number of carbonyl (C=O) groups is 3. The maximum Gasteiger partial charge on any atom is 0.409 e. The minimum atomic E-state index is -3.68. The van der Waals surface area contributed by atoms with Gasteiger partial charge in [0.05, 0.1) is 43.9 Å². The van der Waals surface area contributed by atoms with Crippen molar-refractivity contribution in [3.05, 3.63) is 45.8 Å². The van der Waals surface area contributed by atoms with Crippen LogP contribution in [-0.4, -0.2) is 82.2 Å². The van der Waals surface area contributed by atoms with E-state index < -0.39 is 28.0 Å². The Morgan fingerprint density at radius 2 is 1.81 bits per heavy atom. The van der Waals surface area contributed by atoms with Crippen molar-refractivity contribution in [1.82, 2.24) is 9.21 Å². The Bertz CT molecular complexity index is 1250. The average molecular weight is 538 g/mol. The Morgan fingerprint density at radius 1 is 1.11 bits per heavy atom. The van der Waals surface area contributed by atoms with E-state index in [1.165, 1.54) is 51.9 Å². The monoisotopic (exact) mass is 537 g/mol. The van der Waals surface area contributed by atoms with E-state index in [9.17, 15) is 22.8 Å². The summed E-state index contributed by atoms with van der Waals surface area (Å²) < 4.78 is 42.3. The fraction of sp³-hybridized carbons (Fsp3) is 0.435. The van der Waals surface area contributed by atoms with Gasteiger partial charge in [0.25, 0.3) is 5.91 Å². The molecular formula is C23H27N3O8S2. The molecule has 0 saturated carbocycles. The number of ether oxygens (including phenoxy) is 3. The first-order chi connectivity index (χ1) is 17.3. The molecule has 13 heteroatoms. The van der Waals surface area contributed by atoms with Gasteiger partial charge < -0.3 is 24.4 Å². The molecule has 0 bridgehead atoms. The molecule has 3 heterocycles. The number of carbonyl (C=O) groups excluding carboxylic acids is 3. The summed E-state index contributed by atoms with van der Waals surface area (Å²) in [6, 6.07) is 5.64. The van der Waals surface area contributed by atoms with Crippen molar-refractivity contribution >= 4 is 44.3 Å². The van der Waals surface area contributed by atoms with E-state index in [1.807, 2.05) is 0 Å². The van der Waals surface area contributed by atoms with Crippen molar-refractivity contribution in [2.45, 2.75) is 24.8 Å². The summed E-state index contributed by atoms with van der Waals surface area (Å²) in [4.78, 5) is 40.1. The van der Waals surface area contributed by atoms with Crippen molar-refractivity contribution in [3.63, 3.8) is 0 Å². The fourth-order valence-corrected chi connectivity index (χ4v) is 6.74. The number of morpholine rings is 1. The molecule has 1 saturated heterocycles. The number of fused-ring (bicyclic) bond motifs is 1. The molecule has 1 fully saturated rings. The summed E-state index contributed by atoms with van der Waals surface area (Å²) in [5, 5.41) is 3.09. The number of benzene rings is 1. The molecule has 1 aromatic carbocycles. The molecule has 2 aliphatic rings. The topological polar surface area (TPSA) is 132 Å². The van der Waals surface area contributed by atoms with E-state index in [0.717, 1.165) is 10.4 Å². The first kappa shape index (κ1) is 26.1. The lowest BCUT2D eigenvalue weighted by molar-refractivity contribution is 0.0526. The highest BCUT2D eigenvalue weighted by Gasteiger charge is 2.32. The molecule has 36 heavy (non-hydrogen) atoms. The van der Waals surface area contributed by atoms with E-state index in [0.29, 0.717) is 31.2 Å². The quantitative estimate of drug-likeness (QED) is 0.556. The summed E-state index contributed by atoms with van der Waals surface area (Å²) in [7, 11) is -2.38. The maximum absolute atomic E-state index is 13.0. The summed E-state index contributed by atoms with van der Waals surface area (Å²) in [5.41, 5.74) is 1.25. The number of hydrogen-bond donors (Lipinski definition) is 1. The Labute approximate surface area is 213 Å². The van der Waals surface area contributed by atoms with Gasteiger partial charge in [0.15, 0.2) is 0 Å². The van der Waals surface area contributed by atoms with Crippen LogP contribution >= 0.6 is 11.3 Å². The van der Waals surface area contributed by atoms with E-state index in [1.54, 1.807) is 6.92 Å². The highest BCUT2D eigenvalue weighted by atomic mass is 32.2. The predicted octanol–water partition coefficient (Wildman–Crippen LogP) is 2.32. The zero-order valence-electron chi connectivity index (χ0n) is 19.9. The zero-order chi connectivity index (χ0) is 25.9. The number of rotatable bonds is 6. The first-order valence-corrected chi connectivity index (χ1v) is 13.7. The molecule has 1 N–H and O–H groups in total. The van der Waals surface area contributed by atoms with Crippen molar-refractivity contribution in [1.29, 1.82) is 0 Å². The maximum atomic E-state index is 13.0. The van der Waals surface area contributed by atoms with Gasteiger partial charge in [-0.25, -0.2) is 18.0 Å². The fourth-order valence-electron chi connectivity index (χ4n) is 4.09. The number of amides is 2. The van der Waals surface area contributed by atoms with E-state index >= 15 is 0 Å². The van der Waals surface area contributed by atoms with Crippen LogP contribution in [0.2, 0.25) is 0 Å². The molecule has 2 aromatic rings. The predicted molar refractivity (Wildman–Crippen MR) is 131 cm³/mol. The third kappa shape index (κ3) is 5.24. The van der Waals surface area contributed by atoms with Crippen molar-refractivity contribution in [2.75, 3.05) is 51.9 Å². The second-order valence-corrected chi connectivity index (χ2v) is 11.1. The van der Waals surface area contributed by atoms with Gasteiger partial charge in [-0.05, 0) is 43.2 Å². The minimum absolute atomic E-state index is 0.0858. The van der Waals surface area contributed by atoms with Crippen LogP contribution in [0.3, 0.4) is 0 Å². The number of sulfonamides is 1. The molecule has 2 amide bonds. The molecule has 0 aliphatic carbocycles. The number of nitrogens with one attached hydrogen (secondary N) is 1. The molecule has 1 aromatic heterocycles. The standard InChI is InChI=1S/C23H27N3O8S2/c1-3-34-22(28)19-17-8-9-25(23(29)32-2)14-18(17)35-21(19)24-20(27)15-4-6-16(7-5-15)36(30,31)26-10-12-33-13-11-26/h4-7H,3,8-14H2,1-2H3,(H,24,27). The number of thiophene rings is 1. The molecule has 2 aliphatic heterocycles. The molecule has 0 radical (unpaired) electrons. The number of anilines is 1. The molecule has 194 valence electrons. The van der Waals surface area contributed by atoms with Crippen LogP contribution in [0.4, 0.5) is 9.80 Å². The van der Waals surface area contributed by atoms with Gasteiger partial charge in [0.1, 0.15) is 5.00 Å². The lowest BCUT2D eigenvalue weighted by Crippen LogP contribution is -2.40. The highest BCUT2D eigenvalue weighted by molar-refractivity contribution is 7.89. The largest absolute Gasteiger partial charge is 0.462 e. The Kier molecular flexibility index (Phi) is 7.93. The zero-order valence-corrected chi connectivity index (χ0v) is 21.6. The third-order valence-electron chi connectivity index (χ3n) is 5.92. The summed E-state index contributed by atoms with van der Waals surface area (Å²) >= 11 is 1.20. The molecule has 11 nitrogen and oxygen atoms in total. The van der Waals surface area contributed by atoms with Gasteiger partial charge in [-0.1, -0.05) is 0 Å². The van der Waals surface area contributed by atoms with Crippen LogP contribution in [0.5, 0.6) is 0 Å². The smallest absolute Gasteiger partial charge is 0.409 e. The van der Waals surface area contributed by atoms with Crippen LogP contribution in [-0.2, 0) is 37.2 Å². The SMILES string of the molecule is CCOC(=O)c1c(NC(=O)c2ccc(S(=O)(=O)N3CCOCC3)cc2)sc2c1CCN(C(=O)OC)C2. The third-order valence-corrected chi connectivity index (χ3v) is 8.97. The van der Waals surface area contributed by atoms with E-state index in [2.05, 4.69) is 5.32 Å². The molecule has 0 spiro atoms. The summed E-state index contributed by atoms with van der Waals surface area (Å²) in [5.74, 6) is -1.05. The van der Waals surface area contributed by atoms with Gasteiger partial charge in [0.2, 0.25) is 10.0 Å². The van der Waals surface area contributed by atoms with Crippen LogP contribution in [0.15, 0.2) is 29.2 Å². The molecular weight excluding hydrogens is 510 g/mol. The van der Waals surface area contributed by atoms with Crippen molar-refractivity contribution < 1.29 is 37.0 Å². The Morgan fingerprint density at radius 3 is 2.44 bits per heavy atom. The van der Waals surface area contributed by atoms with Gasteiger partial charge in [-0.3, -0.25) is 4.79 Å². The van der Waals surface area contributed by atoms with Crippen molar-refractivity contribution in [3.8, 4) is 0 Å². The molecule has 0 unspecified atom stereocenters.